The van der Waals surface area contributed by atoms with E-state index in [0.29, 0.717) is 28.7 Å². The van der Waals surface area contributed by atoms with Crippen LogP contribution in [-0.2, 0) is 16.9 Å². The Hall–Kier alpha value is -2.08. The summed E-state index contributed by atoms with van der Waals surface area (Å²) in [6.07, 6.45) is 0. The Bertz CT molecular complexity index is 860. The van der Waals surface area contributed by atoms with Crippen molar-refractivity contribution in [3.8, 4) is 0 Å². The van der Waals surface area contributed by atoms with E-state index < -0.39 is 11.6 Å². The molecule has 1 heterocycles. The maximum Gasteiger partial charge on any atom is 0.326 e. The average molecular weight is 406 g/mol. The second-order valence-corrected chi connectivity index (χ2v) is 7.53. The van der Waals surface area contributed by atoms with Gasteiger partial charge in [-0.2, -0.15) is 0 Å². The van der Waals surface area contributed by atoms with Gasteiger partial charge in [0, 0.05) is 22.2 Å². The van der Waals surface area contributed by atoms with E-state index in [2.05, 4.69) is 5.32 Å². The zero-order valence-corrected chi connectivity index (χ0v) is 16.7. The second-order valence-electron chi connectivity index (χ2n) is 6.68. The molecule has 0 aliphatic carbocycles. The molecule has 0 aromatic heterocycles. The molecule has 5 nitrogen and oxygen atoms in total. The van der Waals surface area contributed by atoms with Crippen molar-refractivity contribution in [1.82, 2.24) is 15.1 Å². The van der Waals surface area contributed by atoms with Crippen molar-refractivity contribution >= 4 is 35.1 Å². The molecule has 0 saturated carbocycles. The highest BCUT2D eigenvalue weighted by Gasteiger charge is 2.50. The fourth-order valence-electron chi connectivity index (χ4n) is 3.21. The molecule has 1 atom stereocenters. The van der Waals surface area contributed by atoms with Crippen LogP contribution in [0.3, 0.4) is 0 Å². The molecule has 27 heavy (non-hydrogen) atoms. The Labute approximate surface area is 168 Å². The number of hydrogen-bond donors (Lipinski definition) is 1. The minimum Gasteiger partial charge on any atom is -0.319 e. The van der Waals surface area contributed by atoms with Crippen molar-refractivity contribution in [2.45, 2.75) is 25.9 Å². The number of rotatable bonds is 6. The summed E-state index contributed by atoms with van der Waals surface area (Å²) in [5.41, 5.74) is 0.431. The Morgan fingerprint density at radius 1 is 1.11 bits per heavy atom. The van der Waals surface area contributed by atoms with Crippen LogP contribution in [-0.4, -0.2) is 35.0 Å². The largest absolute Gasteiger partial charge is 0.326 e. The zero-order valence-electron chi connectivity index (χ0n) is 15.2. The van der Waals surface area contributed by atoms with Crippen LogP contribution in [0.15, 0.2) is 48.5 Å². The Morgan fingerprint density at radius 2 is 1.81 bits per heavy atom. The molecule has 142 valence electrons. The molecule has 0 spiro atoms. The number of nitrogens with zero attached hydrogens (tertiary/aromatic N) is 2. The number of carbonyl (C=O) groups is 2. The second kappa shape index (κ2) is 7.89. The summed E-state index contributed by atoms with van der Waals surface area (Å²) >= 11 is 12.2. The van der Waals surface area contributed by atoms with Gasteiger partial charge in [0.25, 0.3) is 5.91 Å². The minimum absolute atomic E-state index is 0.205. The molecular weight excluding hydrogens is 385 g/mol. The molecule has 3 amide bonds. The van der Waals surface area contributed by atoms with E-state index in [-0.39, 0.29) is 12.6 Å². The molecule has 3 rings (SSSR count). The zero-order chi connectivity index (χ0) is 19.6. The molecule has 1 fully saturated rings. The lowest BCUT2D eigenvalue weighted by molar-refractivity contribution is -0.132. The third kappa shape index (κ3) is 3.95. The Balaban J connectivity index is 1.81. The van der Waals surface area contributed by atoms with Crippen LogP contribution in [0.1, 0.15) is 25.0 Å². The predicted octanol–water partition coefficient (Wildman–Crippen LogP) is 4.24. The van der Waals surface area contributed by atoms with Crippen molar-refractivity contribution in [3.63, 3.8) is 0 Å². The number of amides is 3. The highest BCUT2D eigenvalue weighted by Crippen LogP contribution is 2.35. The van der Waals surface area contributed by atoms with Gasteiger partial charge in [-0.05, 0) is 31.2 Å². The minimum atomic E-state index is -1.22. The van der Waals surface area contributed by atoms with E-state index >= 15 is 0 Å². The number of benzene rings is 2. The fourth-order valence-corrected chi connectivity index (χ4v) is 3.80. The summed E-state index contributed by atoms with van der Waals surface area (Å²) in [4.78, 5) is 28.9. The van der Waals surface area contributed by atoms with Gasteiger partial charge >= 0.3 is 6.03 Å². The smallest absolute Gasteiger partial charge is 0.319 e. The predicted molar refractivity (Wildman–Crippen MR) is 107 cm³/mol. The molecular formula is C20H21Cl2N3O2. The number of halogens is 2. The van der Waals surface area contributed by atoms with Gasteiger partial charge in [0.15, 0.2) is 0 Å². The highest BCUT2D eigenvalue weighted by atomic mass is 35.5. The van der Waals surface area contributed by atoms with E-state index in [1.54, 1.807) is 25.1 Å². The van der Waals surface area contributed by atoms with Crippen LogP contribution in [0, 0.1) is 0 Å². The average Bonchev–Trinajstić information content (AvgIpc) is 2.85. The topological polar surface area (TPSA) is 52.6 Å². The molecule has 1 aliphatic heterocycles. The Kier molecular flexibility index (Phi) is 5.75. The number of urea groups is 1. The first-order valence-electron chi connectivity index (χ1n) is 8.71. The summed E-state index contributed by atoms with van der Waals surface area (Å²) in [5.74, 6) is -0.330. The van der Waals surface area contributed by atoms with E-state index in [9.17, 15) is 9.59 Å². The number of imide groups is 1. The highest BCUT2D eigenvalue weighted by molar-refractivity contribution is 6.35. The lowest BCUT2D eigenvalue weighted by Gasteiger charge is -2.27. The SMILES string of the molecule is CCN(Cc1ccccc1)CN1C(=O)N[C@](C)(c2ccc(Cl)cc2Cl)C1=O. The standard InChI is InChI=1S/C20H21Cl2N3O2/c1-3-24(12-14-7-5-4-6-8-14)13-25-18(26)20(2,23-19(25)27)16-10-9-15(21)11-17(16)22/h4-11H,3,12-13H2,1-2H3,(H,23,27)/t20-/m1/s1. The van der Waals surface area contributed by atoms with Gasteiger partial charge in [-0.15, -0.1) is 0 Å². The van der Waals surface area contributed by atoms with Crippen molar-refractivity contribution < 1.29 is 9.59 Å². The summed E-state index contributed by atoms with van der Waals surface area (Å²) in [6, 6.07) is 14.4. The molecule has 1 N–H and O–H groups in total. The first kappa shape index (κ1) is 19.7. The fraction of sp³-hybridized carbons (Fsp3) is 0.300. The molecule has 1 saturated heterocycles. The molecule has 7 heteroatoms. The summed E-state index contributed by atoms with van der Waals surface area (Å²) in [7, 11) is 0. The van der Waals surface area contributed by atoms with Crippen molar-refractivity contribution in [2.24, 2.45) is 0 Å². The van der Waals surface area contributed by atoms with Gasteiger partial charge in [0.05, 0.1) is 6.67 Å². The molecule has 0 radical (unpaired) electrons. The molecule has 2 aromatic rings. The molecule has 2 aromatic carbocycles. The first-order chi connectivity index (χ1) is 12.8. The van der Waals surface area contributed by atoms with E-state index in [4.69, 9.17) is 23.2 Å². The van der Waals surface area contributed by atoms with E-state index in [0.717, 1.165) is 5.56 Å². The first-order valence-corrected chi connectivity index (χ1v) is 9.46. The third-order valence-corrected chi connectivity index (χ3v) is 5.33. The van der Waals surface area contributed by atoms with E-state index in [1.807, 2.05) is 42.2 Å². The monoisotopic (exact) mass is 405 g/mol. The van der Waals surface area contributed by atoms with Crippen molar-refractivity contribution in [1.29, 1.82) is 0 Å². The van der Waals surface area contributed by atoms with E-state index in [1.165, 1.54) is 4.90 Å². The summed E-state index contributed by atoms with van der Waals surface area (Å²) in [5, 5.41) is 3.60. The maximum atomic E-state index is 13.1. The van der Waals surface area contributed by atoms with Gasteiger partial charge in [-0.25, -0.2) is 9.69 Å². The van der Waals surface area contributed by atoms with Crippen LogP contribution in [0.4, 0.5) is 4.79 Å². The summed E-state index contributed by atoms with van der Waals surface area (Å²) < 4.78 is 0. The number of nitrogens with one attached hydrogen (secondary N) is 1. The normalized spacial score (nSPS) is 19.7. The van der Waals surface area contributed by atoms with Gasteiger partial charge in [-0.3, -0.25) is 9.69 Å². The summed E-state index contributed by atoms with van der Waals surface area (Å²) in [6.45, 7) is 5.21. The third-order valence-electron chi connectivity index (χ3n) is 4.78. The molecule has 1 aliphatic rings. The molecule has 0 bridgehead atoms. The number of carbonyl (C=O) groups excluding carboxylic acids is 2. The maximum absolute atomic E-state index is 13.1. The van der Waals surface area contributed by atoms with Gasteiger partial charge in [0.2, 0.25) is 0 Å². The number of hydrogen-bond acceptors (Lipinski definition) is 3. The van der Waals surface area contributed by atoms with Crippen molar-refractivity contribution in [2.75, 3.05) is 13.2 Å². The lowest BCUT2D eigenvalue weighted by atomic mass is 9.92. The Morgan fingerprint density at radius 3 is 2.44 bits per heavy atom. The van der Waals surface area contributed by atoms with Crippen LogP contribution in [0.2, 0.25) is 10.0 Å². The van der Waals surface area contributed by atoms with Gasteiger partial charge in [-0.1, -0.05) is 66.5 Å². The van der Waals surface area contributed by atoms with Crippen LogP contribution < -0.4 is 5.32 Å². The van der Waals surface area contributed by atoms with Gasteiger partial charge < -0.3 is 5.32 Å². The molecule has 0 unspecified atom stereocenters. The van der Waals surface area contributed by atoms with Crippen LogP contribution in [0.25, 0.3) is 0 Å². The lowest BCUT2D eigenvalue weighted by Crippen LogP contribution is -2.43. The quantitative estimate of drug-likeness (QED) is 0.731. The van der Waals surface area contributed by atoms with Crippen LogP contribution >= 0.6 is 23.2 Å². The van der Waals surface area contributed by atoms with Gasteiger partial charge in [0.1, 0.15) is 5.54 Å². The van der Waals surface area contributed by atoms with Crippen LogP contribution in [0.5, 0.6) is 0 Å². The van der Waals surface area contributed by atoms with Crippen molar-refractivity contribution in [3.05, 3.63) is 69.7 Å².